The molecule has 0 spiro atoms. The van der Waals surface area contributed by atoms with Crippen LogP contribution in [-0.2, 0) is 0 Å². The summed E-state index contributed by atoms with van der Waals surface area (Å²) < 4.78 is 5.79. The molecule has 0 bridgehead atoms. The molecule has 0 saturated heterocycles. The summed E-state index contributed by atoms with van der Waals surface area (Å²) in [6.45, 7) is 0. The minimum Gasteiger partial charge on any atom is -0.495 e. The summed E-state index contributed by atoms with van der Waals surface area (Å²) in [6.07, 6.45) is 1.58. The zero-order chi connectivity index (χ0) is 13.1. The van der Waals surface area contributed by atoms with Crippen LogP contribution in [0.4, 0.5) is 17.5 Å². The first-order valence-corrected chi connectivity index (χ1v) is 6.16. The number of nitrogen functional groups attached to an aromatic ring is 1. The van der Waals surface area contributed by atoms with Crippen molar-refractivity contribution in [3.05, 3.63) is 33.9 Å². The Morgan fingerprint density at radius 1 is 1.44 bits per heavy atom. The van der Waals surface area contributed by atoms with Gasteiger partial charge in [-0.3, -0.25) is 0 Å². The summed E-state index contributed by atoms with van der Waals surface area (Å²) >= 11 is 9.37. The first kappa shape index (κ1) is 12.9. The van der Waals surface area contributed by atoms with Crippen LogP contribution in [0.5, 0.6) is 5.75 Å². The monoisotopic (exact) mass is 328 g/mol. The maximum Gasteiger partial charge on any atom is 0.222 e. The fraction of sp³-hybridized carbons (Fsp3) is 0.0909. The van der Waals surface area contributed by atoms with Crippen LogP contribution in [0.2, 0.25) is 5.02 Å². The third-order valence-electron chi connectivity index (χ3n) is 2.18. The van der Waals surface area contributed by atoms with Crippen molar-refractivity contribution >= 4 is 45.0 Å². The molecule has 2 rings (SSSR count). The number of benzene rings is 1. The van der Waals surface area contributed by atoms with Crippen LogP contribution < -0.4 is 15.8 Å². The summed E-state index contributed by atoms with van der Waals surface area (Å²) in [5.41, 5.74) is 6.30. The predicted molar refractivity (Wildman–Crippen MR) is 75.4 cm³/mol. The second-order valence-electron chi connectivity index (χ2n) is 3.40. The van der Waals surface area contributed by atoms with Crippen molar-refractivity contribution in [1.29, 1.82) is 0 Å². The molecule has 1 aromatic carbocycles. The standard InChI is InChI=1S/C11H10BrClN4O/c1-18-9-3-2-6(4-8(9)13)16-10-7(12)5-15-11(14)17-10/h2-5H,1H3,(H3,14,15,16,17). The summed E-state index contributed by atoms with van der Waals surface area (Å²) in [4.78, 5) is 7.93. The summed E-state index contributed by atoms with van der Waals surface area (Å²) in [5, 5.41) is 3.60. The molecule has 1 heterocycles. The molecule has 0 unspecified atom stereocenters. The van der Waals surface area contributed by atoms with Crippen LogP contribution in [0, 0.1) is 0 Å². The second kappa shape index (κ2) is 5.41. The lowest BCUT2D eigenvalue weighted by molar-refractivity contribution is 0.415. The topological polar surface area (TPSA) is 73.1 Å². The van der Waals surface area contributed by atoms with Gasteiger partial charge in [0, 0.05) is 11.9 Å². The molecule has 0 saturated carbocycles. The Bertz CT molecular complexity index is 579. The Morgan fingerprint density at radius 3 is 2.89 bits per heavy atom. The number of aromatic nitrogens is 2. The predicted octanol–water partition coefficient (Wildman–Crippen LogP) is 3.23. The molecule has 1 aromatic heterocycles. The minimum atomic E-state index is 0.195. The van der Waals surface area contributed by atoms with Gasteiger partial charge in [0.25, 0.3) is 0 Å². The van der Waals surface area contributed by atoms with Gasteiger partial charge in [0.1, 0.15) is 11.6 Å². The third kappa shape index (κ3) is 2.83. The number of hydrogen-bond donors (Lipinski definition) is 2. The molecule has 0 radical (unpaired) electrons. The highest BCUT2D eigenvalue weighted by Crippen LogP contribution is 2.30. The van der Waals surface area contributed by atoms with Crippen molar-refractivity contribution in [2.24, 2.45) is 0 Å². The van der Waals surface area contributed by atoms with Gasteiger partial charge in [-0.05, 0) is 34.1 Å². The quantitative estimate of drug-likeness (QED) is 0.904. The number of halogens is 2. The van der Waals surface area contributed by atoms with E-state index in [1.807, 2.05) is 6.07 Å². The van der Waals surface area contributed by atoms with E-state index in [0.29, 0.717) is 21.1 Å². The zero-order valence-electron chi connectivity index (χ0n) is 9.45. The Labute approximate surface area is 117 Å². The summed E-state index contributed by atoms with van der Waals surface area (Å²) in [7, 11) is 1.57. The minimum absolute atomic E-state index is 0.195. The molecule has 5 nitrogen and oxygen atoms in total. The molecular weight excluding hydrogens is 320 g/mol. The number of nitrogens with zero attached hydrogens (tertiary/aromatic N) is 2. The van der Waals surface area contributed by atoms with Crippen LogP contribution >= 0.6 is 27.5 Å². The van der Waals surface area contributed by atoms with Crippen molar-refractivity contribution in [3.63, 3.8) is 0 Å². The van der Waals surface area contributed by atoms with Crippen LogP contribution in [-0.4, -0.2) is 17.1 Å². The molecule has 0 aliphatic carbocycles. The van der Waals surface area contributed by atoms with E-state index in [1.165, 1.54) is 0 Å². The van der Waals surface area contributed by atoms with Crippen molar-refractivity contribution < 1.29 is 4.74 Å². The lowest BCUT2D eigenvalue weighted by Gasteiger charge is -2.09. The maximum atomic E-state index is 6.03. The van der Waals surface area contributed by atoms with Gasteiger partial charge in [-0.2, -0.15) is 4.98 Å². The van der Waals surface area contributed by atoms with Crippen molar-refractivity contribution in [2.45, 2.75) is 0 Å². The van der Waals surface area contributed by atoms with E-state index < -0.39 is 0 Å². The molecule has 0 fully saturated rings. The summed E-state index contributed by atoms with van der Waals surface area (Å²) in [5.74, 6) is 1.38. The molecular formula is C11H10BrClN4O. The maximum absolute atomic E-state index is 6.03. The molecule has 0 amide bonds. The normalized spacial score (nSPS) is 10.2. The molecule has 0 atom stereocenters. The number of ether oxygens (including phenoxy) is 1. The molecule has 0 aliphatic rings. The Kier molecular flexibility index (Phi) is 3.88. The van der Waals surface area contributed by atoms with Gasteiger partial charge < -0.3 is 15.8 Å². The van der Waals surface area contributed by atoms with Gasteiger partial charge in [-0.15, -0.1) is 0 Å². The number of nitrogens with two attached hydrogens (primary N) is 1. The first-order chi connectivity index (χ1) is 8.60. The van der Waals surface area contributed by atoms with Crippen molar-refractivity contribution in [1.82, 2.24) is 9.97 Å². The van der Waals surface area contributed by atoms with E-state index in [-0.39, 0.29) is 5.95 Å². The van der Waals surface area contributed by atoms with E-state index in [4.69, 9.17) is 22.1 Å². The molecule has 18 heavy (non-hydrogen) atoms. The average molecular weight is 330 g/mol. The van der Waals surface area contributed by atoms with E-state index in [2.05, 4.69) is 31.2 Å². The molecule has 94 valence electrons. The van der Waals surface area contributed by atoms with E-state index in [1.54, 1.807) is 25.4 Å². The third-order valence-corrected chi connectivity index (χ3v) is 3.05. The first-order valence-electron chi connectivity index (χ1n) is 4.98. The van der Waals surface area contributed by atoms with Gasteiger partial charge >= 0.3 is 0 Å². The number of nitrogens with one attached hydrogen (secondary N) is 1. The number of hydrogen-bond acceptors (Lipinski definition) is 5. The van der Waals surface area contributed by atoms with Crippen molar-refractivity contribution in [3.8, 4) is 5.75 Å². The van der Waals surface area contributed by atoms with E-state index in [9.17, 15) is 0 Å². The lowest BCUT2D eigenvalue weighted by Crippen LogP contribution is -2.00. The fourth-order valence-electron chi connectivity index (χ4n) is 1.35. The fourth-order valence-corrected chi connectivity index (χ4v) is 1.90. The van der Waals surface area contributed by atoms with Gasteiger partial charge in [-0.25, -0.2) is 4.98 Å². The zero-order valence-corrected chi connectivity index (χ0v) is 11.8. The number of rotatable bonds is 3. The molecule has 2 aromatic rings. The van der Waals surface area contributed by atoms with Crippen LogP contribution in [0.15, 0.2) is 28.9 Å². The molecule has 3 N–H and O–H groups in total. The summed E-state index contributed by atoms with van der Waals surface area (Å²) in [6, 6.07) is 5.34. The second-order valence-corrected chi connectivity index (χ2v) is 4.66. The highest BCUT2D eigenvalue weighted by atomic mass is 79.9. The smallest absolute Gasteiger partial charge is 0.222 e. The van der Waals surface area contributed by atoms with Crippen molar-refractivity contribution in [2.75, 3.05) is 18.2 Å². The number of methoxy groups -OCH3 is 1. The highest BCUT2D eigenvalue weighted by molar-refractivity contribution is 9.10. The lowest BCUT2D eigenvalue weighted by atomic mass is 10.3. The average Bonchev–Trinajstić information content (AvgIpc) is 2.34. The Morgan fingerprint density at radius 2 is 2.22 bits per heavy atom. The Balaban J connectivity index is 2.28. The Hall–Kier alpha value is -1.53. The van der Waals surface area contributed by atoms with Gasteiger partial charge in [0.2, 0.25) is 5.95 Å². The molecule has 7 heteroatoms. The molecule has 0 aliphatic heterocycles. The highest BCUT2D eigenvalue weighted by Gasteiger charge is 2.06. The van der Waals surface area contributed by atoms with Gasteiger partial charge in [-0.1, -0.05) is 11.6 Å². The largest absolute Gasteiger partial charge is 0.495 e. The van der Waals surface area contributed by atoms with E-state index in [0.717, 1.165) is 5.69 Å². The van der Waals surface area contributed by atoms with Crippen LogP contribution in [0.3, 0.4) is 0 Å². The van der Waals surface area contributed by atoms with Gasteiger partial charge in [0.05, 0.1) is 16.6 Å². The van der Waals surface area contributed by atoms with E-state index >= 15 is 0 Å². The van der Waals surface area contributed by atoms with Crippen LogP contribution in [0.25, 0.3) is 0 Å². The number of anilines is 3. The van der Waals surface area contributed by atoms with Gasteiger partial charge in [0.15, 0.2) is 0 Å². The van der Waals surface area contributed by atoms with Crippen LogP contribution in [0.1, 0.15) is 0 Å². The SMILES string of the molecule is COc1ccc(Nc2nc(N)ncc2Br)cc1Cl.